The van der Waals surface area contributed by atoms with Gasteiger partial charge >= 0.3 is 0 Å². The van der Waals surface area contributed by atoms with Crippen molar-refractivity contribution in [2.45, 2.75) is 63.1 Å². The van der Waals surface area contributed by atoms with Gasteiger partial charge in [0.15, 0.2) is 0 Å². The zero-order valence-electron chi connectivity index (χ0n) is 16.2. The lowest BCUT2D eigenvalue weighted by atomic mass is 9.92. The minimum absolute atomic E-state index is 0.0793. The van der Waals surface area contributed by atoms with Gasteiger partial charge in [0.1, 0.15) is 23.5 Å². The summed E-state index contributed by atoms with van der Waals surface area (Å²) in [7, 11) is 0. The van der Waals surface area contributed by atoms with E-state index in [0.717, 1.165) is 50.1 Å². The smallest absolute Gasteiger partial charge is 0.130 e. The second-order valence-corrected chi connectivity index (χ2v) is 8.22. The summed E-state index contributed by atoms with van der Waals surface area (Å²) in [6.07, 6.45) is 7.70. The van der Waals surface area contributed by atoms with E-state index in [2.05, 4.69) is 22.2 Å². The van der Waals surface area contributed by atoms with E-state index in [0.29, 0.717) is 29.0 Å². The van der Waals surface area contributed by atoms with Crippen LogP contribution in [0.15, 0.2) is 30.6 Å². The molecule has 2 aliphatic rings. The maximum Gasteiger partial charge on any atom is 0.130 e. The summed E-state index contributed by atoms with van der Waals surface area (Å²) < 4.78 is 6.02. The summed E-state index contributed by atoms with van der Waals surface area (Å²) in [6, 6.07) is 7.96. The molecule has 1 aromatic carbocycles. The third kappa shape index (κ3) is 4.25. The fourth-order valence-corrected chi connectivity index (χ4v) is 3.56. The van der Waals surface area contributed by atoms with Gasteiger partial charge in [0.2, 0.25) is 0 Å². The molecule has 2 aromatic rings. The third-order valence-electron chi connectivity index (χ3n) is 5.66. The van der Waals surface area contributed by atoms with E-state index in [4.69, 9.17) is 21.6 Å². The maximum atomic E-state index is 8.63. The van der Waals surface area contributed by atoms with Gasteiger partial charge in [0.05, 0.1) is 11.4 Å². The van der Waals surface area contributed by atoms with E-state index in [-0.39, 0.29) is 11.3 Å². The predicted octanol–water partition coefficient (Wildman–Crippen LogP) is 3.09. The molecule has 0 atom stereocenters. The molecule has 0 amide bonds. The zero-order chi connectivity index (χ0) is 19.7. The average Bonchev–Trinajstić information content (AvgIpc) is 3.41. The van der Waals surface area contributed by atoms with Gasteiger partial charge in [-0.15, -0.1) is 0 Å². The number of rotatable bonds is 6. The maximum absolute atomic E-state index is 8.63. The summed E-state index contributed by atoms with van der Waals surface area (Å²) >= 11 is 0. The molecule has 4 rings (SSSR count). The van der Waals surface area contributed by atoms with E-state index < -0.39 is 0 Å². The largest absolute Gasteiger partial charge is 0.488 e. The zero-order valence-corrected chi connectivity index (χ0v) is 16.2. The number of nitrogens with zero attached hydrogens (tertiary/aromatic N) is 2. The molecule has 2 aliphatic carbocycles. The molecule has 0 bridgehead atoms. The monoisotopic (exact) mass is 380 g/mol. The molecule has 1 aromatic heterocycles. The lowest BCUT2D eigenvalue weighted by Crippen LogP contribution is -2.33. The van der Waals surface area contributed by atoms with Gasteiger partial charge in [-0.2, -0.15) is 0 Å². The van der Waals surface area contributed by atoms with Gasteiger partial charge in [-0.3, -0.25) is 5.41 Å². The molecular formula is C21H28N6O. The highest BCUT2D eigenvalue weighted by Crippen LogP contribution is 2.40. The first-order chi connectivity index (χ1) is 13.4. The highest BCUT2D eigenvalue weighted by molar-refractivity contribution is 6.13. The van der Waals surface area contributed by atoms with Crippen molar-refractivity contribution in [1.29, 1.82) is 5.41 Å². The lowest BCUT2D eigenvalue weighted by molar-refractivity contribution is 0.200. The second-order valence-electron chi connectivity index (χ2n) is 8.22. The highest BCUT2D eigenvalue weighted by atomic mass is 16.5. The van der Waals surface area contributed by atoms with Crippen molar-refractivity contribution in [2.24, 2.45) is 5.73 Å². The Morgan fingerprint density at radius 2 is 1.93 bits per heavy atom. The normalized spacial score (nSPS) is 23.1. The number of hydrogen-bond donors (Lipinski definition) is 4. The molecule has 28 heavy (non-hydrogen) atoms. The van der Waals surface area contributed by atoms with E-state index in [1.54, 1.807) is 6.07 Å². The van der Waals surface area contributed by atoms with Crippen molar-refractivity contribution >= 4 is 17.2 Å². The van der Waals surface area contributed by atoms with Crippen LogP contribution in [0.5, 0.6) is 5.75 Å². The molecule has 2 fully saturated rings. The molecule has 148 valence electrons. The Balaban J connectivity index is 1.51. The van der Waals surface area contributed by atoms with Crippen LogP contribution in [0.25, 0.3) is 0 Å². The Hall–Kier alpha value is -2.67. The van der Waals surface area contributed by atoms with Crippen molar-refractivity contribution in [3.8, 4) is 5.75 Å². The van der Waals surface area contributed by atoms with E-state index in [1.807, 2.05) is 18.2 Å². The molecule has 0 unspecified atom stereocenters. The third-order valence-corrected chi connectivity index (χ3v) is 5.66. The first-order valence-corrected chi connectivity index (χ1v) is 9.94. The Labute approximate surface area is 165 Å². The van der Waals surface area contributed by atoms with Crippen molar-refractivity contribution in [3.63, 3.8) is 0 Å². The summed E-state index contributed by atoms with van der Waals surface area (Å²) in [5.41, 5.74) is 14.0. The molecule has 7 nitrogen and oxygen atoms in total. The number of nitrogen functional groups attached to an aromatic ring is 1. The molecule has 6 N–H and O–H groups in total. The minimum atomic E-state index is -0.0793. The molecule has 1 heterocycles. The van der Waals surface area contributed by atoms with Crippen molar-refractivity contribution in [3.05, 3.63) is 41.9 Å². The van der Waals surface area contributed by atoms with Crippen LogP contribution in [0.4, 0.5) is 11.5 Å². The van der Waals surface area contributed by atoms with Gasteiger partial charge in [0, 0.05) is 29.4 Å². The van der Waals surface area contributed by atoms with E-state index in [1.165, 1.54) is 6.33 Å². The molecule has 7 heteroatoms. The fraction of sp³-hybridized carbons (Fsp3) is 0.476. The molecule has 0 spiro atoms. The molecule has 0 saturated heterocycles. The SMILES string of the molecule is CC1(Oc2ccc(N)c(C(=N)c3cc(NC4CCC(N)CC4)ncn3)c2)CC1. The highest BCUT2D eigenvalue weighted by Gasteiger charge is 2.40. The van der Waals surface area contributed by atoms with Crippen molar-refractivity contribution in [1.82, 2.24) is 9.97 Å². The lowest BCUT2D eigenvalue weighted by Gasteiger charge is -2.27. The number of anilines is 2. The van der Waals surface area contributed by atoms with Gasteiger partial charge in [-0.05, 0) is 63.6 Å². The number of benzene rings is 1. The average molecular weight is 380 g/mol. The molecule has 0 aliphatic heterocycles. The Morgan fingerprint density at radius 3 is 2.64 bits per heavy atom. The first kappa shape index (κ1) is 18.7. The van der Waals surface area contributed by atoms with Crippen LogP contribution < -0.4 is 21.5 Å². The van der Waals surface area contributed by atoms with Crippen LogP contribution in [-0.2, 0) is 0 Å². The number of aromatic nitrogens is 2. The summed E-state index contributed by atoms with van der Waals surface area (Å²) in [4.78, 5) is 8.61. The van der Waals surface area contributed by atoms with Gasteiger partial charge in [-0.25, -0.2) is 9.97 Å². The van der Waals surface area contributed by atoms with Gasteiger partial charge in [-0.1, -0.05) is 0 Å². The standard InChI is InChI=1S/C21H28N6O/c1-21(8-9-21)28-15-6-7-17(23)16(10-15)20(24)18-11-19(26-12-25-18)27-14-4-2-13(22)3-5-14/h6-7,10-14,24H,2-5,8-9,22-23H2,1H3,(H,25,26,27). The predicted molar refractivity (Wildman–Crippen MR) is 111 cm³/mol. The molecular weight excluding hydrogens is 352 g/mol. The van der Waals surface area contributed by atoms with Crippen LogP contribution in [0.1, 0.15) is 56.7 Å². The number of ether oxygens (including phenoxy) is 1. The number of nitrogens with one attached hydrogen (secondary N) is 2. The Kier molecular flexibility index (Phi) is 4.93. The second kappa shape index (κ2) is 7.39. The number of nitrogens with two attached hydrogens (primary N) is 2. The van der Waals surface area contributed by atoms with Gasteiger partial charge < -0.3 is 21.5 Å². The van der Waals surface area contributed by atoms with E-state index >= 15 is 0 Å². The summed E-state index contributed by atoms with van der Waals surface area (Å²) in [5, 5.41) is 12.1. The molecule has 0 radical (unpaired) electrons. The van der Waals surface area contributed by atoms with Crippen LogP contribution in [-0.4, -0.2) is 33.4 Å². The van der Waals surface area contributed by atoms with Crippen molar-refractivity contribution < 1.29 is 4.74 Å². The first-order valence-electron chi connectivity index (χ1n) is 9.94. The Bertz CT molecular complexity index is 871. The van der Waals surface area contributed by atoms with Crippen molar-refractivity contribution in [2.75, 3.05) is 11.1 Å². The van der Waals surface area contributed by atoms with Crippen LogP contribution in [0.2, 0.25) is 0 Å². The summed E-state index contributed by atoms with van der Waals surface area (Å²) in [6.45, 7) is 2.09. The number of hydrogen-bond acceptors (Lipinski definition) is 7. The van der Waals surface area contributed by atoms with Crippen LogP contribution in [0, 0.1) is 5.41 Å². The quantitative estimate of drug-likeness (QED) is 0.451. The van der Waals surface area contributed by atoms with Crippen LogP contribution in [0.3, 0.4) is 0 Å². The van der Waals surface area contributed by atoms with Gasteiger partial charge in [0.25, 0.3) is 0 Å². The van der Waals surface area contributed by atoms with Crippen LogP contribution >= 0.6 is 0 Å². The fourth-order valence-electron chi connectivity index (χ4n) is 3.56. The molecule has 2 saturated carbocycles. The summed E-state index contributed by atoms with van der Waals surface area (Å²) in [5.74, 6) is 1.46. The van der Waals surface area contributed by atoms with E-state index in [9.17, 15) is 0 Å². The minimum Gasteiger partial charge on any atom is -0.488 e. The topological polar surface area (TPSA) is 123 Å². The Morgan fingerprint density at radius 1 is 1.18 bits per heavy atom.